The molecule has 2 N–H and O–H groups in total. The summed E-state index contributed by atoms with van der Waals surface area (Å²) in [5, 5.41) is 19.3. The lowest BCUT2D eigenvalue weighted by molar-refractivity contribution is -0.144. The summed E-state index contributed by atoms with van der Waals surface area (Å²) in [6, 6.07) is 4.03. The third kappa shape index (κ3) is 5.54. The van der Waals surface area contributed by atoms with Gasteiger partial charge in [0.1, 0.15) is 12.4 Å². The van der Waals surface area contributed by atoms with Crippen LogP contribution in [-0.2, 0) is 26.8 Å². The van der Waals surface area contributed by atoms with Gasteiger partial charge < -0.3 is 14.9 Å². The monoisotopic (exact) mass is 322 g/mol. The Morgan fingerprint density at radius 2 is 1.70 bits per heavy atom. The number of rotatable bonds is 5. The number of carbonyl (C=O) groups excluding carboxylic acids is 1. The van der Waals surface area contributed by atoms with E-state index >= 15 is 0 Å². The second kappa shape index (κ2) is 7.35. The molecule has 0 saturated carbocycles. The molecule has 0 amide bonds. The van der Waals surface area contributed by atoms with E-state index in [2.05, 4.69) is 47.6 Å². The first-order valence-electron chi connectivity index (χ1n) is 8.10. The zero-order valence-electron chi connectivity index (χ0n) is 15.2. The van der Waals surface area contributed by atoms with Crippen LogP contribution in [0.4, 0.5) is 0 Å². The van der Waals surface area contributed by atoms with Crippen LogP contribution < -0.4 is 0 Å². The molecule has 0 bridgehead atoms. The molecule has 130 valence electrons. The summed E-state index contributed by atoms with van der Waals surface area (Å²) >= 11 is 0. The maximum atomic E-state index is 11.6. The Kier molecular flexibility index (Phi) is 6.23. The van der Waals surface area contributed by atoms with Crippen molar-refractivity contribution < 1.29 is 19.7 Å². The van der Waals surface area contributed by atoms with Crippen LogP contribution in [0.15, 0.2) is 12.1 Å². The number of phenols is 1. The van der Waals surface area contributed by atoms with Crippen LogP contribution in [0.1, 0.15) is 64.7 Å². The van der Waals surface area contributed by atoms with Crippen molar-refractivity contribution in [2.45, 2.75) is 65.2 Å². The third-order valence-electron chi connectivity index (χ3n) is 3.82. The Morgan fingerprint density at radius 1 is 1.09 bits per heavy atom. The van der Waals surface area contributed by atoms with Gasteiger partial charge in [0.2, 0.25) is 0 Å². The van der Waals surface area contributed by atoms with Crippen LogP contribution in [0.25, 0.3) is 0 Å². The van der Waals surface area contributed by atoms with Gasteiger partial charge >= 0.3 is 5.97 Å². The van der Waals surface area contributed by atoms with Gasteiger partial charge in [-0.25, -0.2) is 0 Å². The highest BCUT2D eigenvalue weighted by Crippen LogP contribution is 2.38. The zero-order valence-corrected chi connectivity index (χ0v) is 15.2. The summed E-state index contributed by atoms with van der Waals surface area (Å²) in [4.78, 5) is 11.6. The first-order chi connectivity index (χ1) is 10.5. The number of aromatic hydroxyl groups is 1. The minimum absolute atomic E-state index is 0.0140. The number of aliphatic hydroxyl groups is 1. The van der Waals surface area contributed by atoms with Crippen molar-refractivity contribution in [2.24, 2.45) is 0 Å². The normalized spacial score (nSPS) is 12.3. The first-order valence-corrected chi connectivity index (χ1v) is 8.10. The van der Waals surface area contributed by atoms with Crippen molar-refractivity contribution in [3.8, 4) is 5.75 Å². The minimum Gasteiger partial charge on any atom is -0.507 e. The predicted molar refractivity (Wildman–Crippen MR) is 91.9 cm³/mol. The molecule has 0 radical (unpaired) electrons. The lowest BCUT2D eigenvalue weighted by atomic mass is 9.78. The molecule has 1 aromatic rings. The van der Waals surface area contributed by atoms with E-state index in [0.717, 1.165) is 16.7 Å². The second-order valence-corrected chi connectivity index (χ2v) is 7.98. The van der Waals surface area contributed by atoms with Crippen LogP contribution in [0, 0.1) is 0 Å². The van der Waals surface area contributed by atoms with E-state index < -0.39 is 0 Å². The van der Waals surface area contributed by atoms with E-state index in [1.807, 2.05) is 6.07 Å². The summed E-state index contributed by atoms with van der Waals surface area (Å²) < 4.78 is 4.88. The maximum absolute atomic E-state index is 11.6. The highest BCUT2D eigenvalue weighted by atomic mass is 16.5. The van der Waals surface area contributed by atoms with Crippen LogP contribution in [0.5, 0.6) is 5.75 Å². The molecule has 1 aromatic carbocycles. The quantitative estimate of drug-likeness (QED) is 0.815. The van der Waals surface area contributed by atoms with E-state index in [0.29, 0.717) is 6.42 Å². The zero-order chi connectivity index (χ0) is 17.8. The number of aliphatic hydroxyl groups excluding tert-OH is 1. The van der Waals surface area contributed by atoms with E-state index in [9.17, 15) is 9.90 Å². The molecule has 0 heterocycles. The summed E-state index contributed by atoms with van der Waals surface area (Å²) in [6.45, 7) is 12.4. The number of aryl methyl sites for hydroxylation is 1. The second-order valence-electron chi connectivity index (χ2n) is 7.98. The molecule has 0 aromatic heterocycles. The van der Waals surface area contributed by atoms with Gasteiger partial charge in [-0.1, -0.05) is 53.7 Å². The summed E-state index contributed by atoms with van der Waals surface area (Å²) in [5.74, 6) is -0.0996. The fourth-order valence-electron chi connectivity index (χ4n) is 2.36. The van der Waals surface area contributed by atoms with Gasteiger partial charge in [0.15, 0.2) is 0 Å². The summed E-state index contributed by atoms with van der Waals surface area (Å²) in [6.07, 6.45) is 0.605. The van der Waals surface area contributed by atoms with Crippen molar-refractivity contribution in [2.75, 3.05) is 13.2 Å². The van der Waals surface area contributed by atoms with Gasteiger partial charge in [0.25, 0.3) is 0 Å². The number of benzene rings is 1. The Balaban J connectivity index is 3.13. The van der Waals surface area contributed by atoms with Gasteiger partial charge in [-0.15, -0.1) is 0 Å². The van der Waals surface area contributed by atoms with Crippen LogP contribution in [0.2, 0.25) is 0 Å². The summed E-state index contributed by atoms with van der Waals surface area (Å²) in [7, 11) is 0. The van der Waals surface area contributed by atoms with E-state index in [4.69, 9.17) is 9.84 Å². The molecule has 0 spiro atoms. The summed E-state index contributed by atoms with van der Waals surface area (Å²) in [5.41, 5.74) is 2.57. The van der Waals surface area contributed by atoms with Crippen LogP contribution in [-0.4, -0.2) is 29.4 Å². The number of esters is 1. The van der Waals surface area contributed by atoms with Crippen LogP contribution >= 0.6 is 0 Å². The van der Waals surface area contributed by atoms with Gasteiger partial charge in [-0.3, -0.25) is 4.79 Å². The highest BCUT2D eigenvalue weighted by Gasteiger charge is 2.25. The van der Waals surface area contributed by atoms with Gasteiger partial charge in [-0.2, -0.15) is 0 Å². The van der Waals surface area contributed by atoms with Crippen molar-refractivity contribution >= 4 is 5.97 Å². The molecule has 4 heteroatoms. The first kappa shape index (κ1) is 19.5. The van der Waals surface area contributed by atoms with E-state index in [1.54, 1.807) is 0 Å². The average molecular weight is 322 g/mol. The lowest BCUT2D eigenvalue weighted by Crippen LogP contribution is -2.18. The fraction of sp³-hybridized carbons (Fsp3) is 0.632. The molecule has 0 aliphatic heterocycles. The SMILES string of the molecule is CC(C)(C)c1cc(CCC(=O)OCCO)c(O)c(C(C)(C)C)c1. The van der Waals surface area contributed by atoms with E-state index in [-0.39, 0.29) is 42.2 Å². The average Bonchev–Trinajstić information content (AvgIpc) is 2.41. The molecule has 0 saturated heterocycles. The smallest absolute Gasteiger partial charge is 0.306 e. The van der Waals surface area contributed by atoms with Crippen molar-refractivity contribution in [1.29, 1.82) is 0 Å². The van der Waals surface area contributed by atoms with Gasteiger partial charge in [-0.05, 0) is 33.9 Å². The Bertz CT molecular complexity index is 548. The predicted octanol–water partition coefficient (Wildman–Crippen LogP) is 3.46. The molecule has 4 nitrogen and oxygen atoms in total. The van der Waals surface area contributed by atoms with Gasteiger partial charge in [0.05, 0.1) is 6.61 Å². The Hall–Kier alpha value is -1.55. The number of hydrogen-bond donors (Lipinski definition) is 2. The number of ether oxygens (including phenoxy) is 1. The van der Waals surface area contributed by atoms with E-state index in [1.165, 1.54) is 0 Å². The molecular weight excluding hydrogens is 292 g/mol. The standard InChI is InChI=1S/C19H30O4/c1-18(2,3)14-11-13(7-8-16(21)23-10-9-20)17(22)15(12-14)19(4,5)6/h11-12,20,22H,7-10H2,1-6H3. The number of hydrogen-bond acceptors (Lipinski definition) is 4. The number of carbonyl (C=O) groups is 1. The molecule has 0 aliphatic carbocycles. The molecule has 1 rings (SSSR count). The molecule has 23 heavy (non-hydrogen) atoms. The van der Waals surface area contributed by atoms with Crippen molar-refractivity contribution in [3.05, 3.63) is 28.8 Å². The Labute approximate surface area is 139 Å². The topological polar surface area (TPSA) is 66.8 Å². The molecule has 0 aliphatic rings. The maximum Gasteiger partial charge on any atom is 0.306 e. The van der Waals surface area contributed by atoms with Crippen LogP contribution in [0.3, 0.4) is 0 Å². The minimum atomic E-state index is -0.364. The third-order valence-corrected chi connectivity index (χ3v) is 3.82. The highest BCUT2D eigenvalue weighted by molar-refractivity contribution is 5.70. The molecular formula is C19H30O4. The lowest BCUT2D eigenvalue weighted by Gasteiger charge is -2.27. The molecule has 0 fully saturated rings. The van der Waals surface area contributed by atoms with Crippen molar-refractivity contribution in [1.82, 2.24) is 0 Å². The van der Waals surface area contributed by atoms with Crippen molar-refractivity contribution in [3.63, 3.8) is 0 Å². The Morgan fingerprint density at radius 3 is 2.17 bits per heavy atom. The molecule has 0 atom stereocenters. The van der Waals surface area contributed by atoms with Gasteiger partial charge in [0, 0.05) is 6.42 Å². The largest absolute Gasteiger partial charge is 0.507 e. The number of phenolic OH excluding ortho intramolecular Hbond substituents is 1. The molecule has 0 unspecified atom stereocenters. The fourth-order valence-corrected chi connectivity index (χ4v) is 2.36.